The summed E-state index contributed by atoms with van der Waals surface area (Å²) in [6.45, 7) is 11.4. The summed E-state index contributed by atoms with van der Waals surface area (Å²) >= 11 is 0. The Morgan fingerprint density at radius 3 is 2.26 bits per heavy atom. The number of carbonyl (C=O) groups is 2. The number of carbonyl (C=O) groups excluding carboxylic acids is 2. The number of rotatable bonds is 10. The summed E-state index contributed by atoms with van der Waals surface area (Å²) in [5, 5.41) is 10.1. The zero-order chi connectivity index (χ0) is 28.8. The summed E-state index contributed by atoms with van der Waals surface area (Å²) in [5.74, 6) is -0.112. The molecule has 39 heavy (non-hydrogen) atoms. The number of esters is 1. The highest BCUT2D eigenvalue weighted by atomic mass is 16.6. The van der Waals surface area contributed by atoms with Gasteiger partial charge in [-0.2, -0.15) is 0 Å². The van der Waals surface area contributed by atoms with Gasteiger partial charge in [0.25, 0.3) is 0 Å². The molecule has 0 aromatic heterocycles. The largest absolute Gasteiger partial charge is 0.490 e. The topological polar surface area (TPSA) is 104 Å². The monoisotopic (exact) mass is 543 g/mol. The van der Waals surface area contributed by atoms with Gasteiger partial charge in [0.2, 0.25) is 0 Å². The van der Waals surface area contributed by atoms with E-state index in [0.29, 0.717) is 19.6 Å². The van der Waals surface area contributed by atoms with E-state index in [1.807, 2.05) is 58.0 Å². The Balaban J connectivity index is 1.81. The predicted octanol–water partition coefficient (Wildman–Crippen LogP) is 4.90. The molecule has 9 heteroatoms. The van der Waals surface area contributed by atoms with Crippen molar-refractivity contribution >= 4 is 12.1 Å². The van der Waals surface area contributed by atoms with Crippen LogP contribution in [0.4, 0.5) is 4.79 Å². The van der Waals surface area contributed by atoms with E-state index in [0.717, 1.165) is 11.1 Å². The van der Waals surface area contributed by atoms with E-state index in [1.54, 1.807) is 30.9 Å². The zero-order valence-electron chi connectivity index (χ0n) is 24.0. The first-order valence-corrected chi connectivity index (χ1v) is 13.1. The molecule has 0 unspecified atom stereocenters. The van der Waals surface area contributed by atoms with Crippen LogP contribution in [0.5, 0.6) is 11.5 Å². The number of methoxy groups -OCH3 is 1. The lowest BCUT2D eigenvalue weighted by atomic mass is 10.1. The summed E-state index contributed by atoms with van der Waals surface area (Å²) < 4.78 is 28.8. The van der Waals surface area contributed by atoms with Crippen molar-refractivity contribution in [2.75, 3.05) is 26.9 Å². The lowest BCUT2D eigenvalue weighted by Crippen LogP contribution is -2.42. The SMILES string of the molecule is COC(=O)c1c(OC[C@H]2C[C@H](OCc3ccccc3)CN2C(=O)OC(C)(C)C)cc(C)cc1OCC(C)(C)O. The molecule has 9 nitrogen and oxygen atoms in total. The standard InChI is InChI=1S/C30H41NO8/c1-20-13-24(26(27(32)35-7)25(14-20)38-19-30(5,6)34)37-18-22-15-23(36-17-21-11-9-8-10-12-21)16-31(22)28(33)39-29(2,3)4/h8-14,22-23,34H,15-19H2,1-7H3/t22-,23+/m1/s1. The number of amides is 1. The molecule has 1 amide bonds. The molecule has 0 bridgehead atoms. The van der Waals surface area contributed by atoms with Crippen molar-refractivity contribution in [1.29, 1.82) is 0 Å². The first-order valence-electron chi connectivity index (χ1n) is 13.1. The van der Waals surface area contributed by atoms with Gasteiger partial charge in [-0.05, 0) is 71.2 Å². The van der Waals surface area contributed by atoms with Gasteiger partial charge in [0.15, 0.2) is 0 Å². The molecular weight excluding hydrogens is 502 g/mol. The van der Waals surface area contributed by atoms with Gasteiger partial charge in [0.1, 0.15) is 35.9 Å². The minimum atomic E-state index is -1.11. The van der Waals surface area contributed by atoms with Crippen molar-refractivity contribution in [3.8, 4) is 11.5 Å². The summed E-state index contributed by atoms with van der Waals surface area (Å²) in [6.07, 6.45) is -0.129. The fourth-order valence-corrected chi connectivity index (χ4v) is 4.18. The molecule has 1 fully saturated rings. The highest BCUT2D eigenvalue weighted by Crippen LogP contribution is 2.33. The Morgan fingerprint density at radius 1 is 1.03 bits per heavy atom. The van der Waals surface area contributed by atoms with Crippen molar-refractivity contribution in [3.63, 3.8) is 0 Å². The molecule has 2 aromatic carbocycles. The van der Waals surface area contributed by atoms with E-state index < -0.39 is 23.3 Å². The van der Waals surface area contributed by atoms with Gasteiger partial charge < -0.3 is 28.8 Å². The van der Waals surface area contributed by atoms with E-state index in [9.17, 15) is 14.7 Å². The predicted molar refractivity (Wildman–Crippen MR) is 146 cm³/mol. The molecule has 214 valence electrons. The molecule has 1 aliphatic heterocycles. The molecule has 0 spiro atoms. The van der Waals surface area contributed by atoms with Crippen molar-refractivity contribution in [2.24, 2.45) is 0 Å². The molecule has 0 radical (unpaired) electrons. The molecule has 1 N–H and O–H groups in total. The number of hydrogen-bond acceptors (Lipinski definition) is 8. The van der Waals surface area contributed by atoms with Crippen LogP contribution < -0.4 is 9.47 Å². The molecule has 2 aromatic rings. The van der Waals surface area contributed by atoms with Crippen LogP contribution in [-0.2, 0) is 20.8 Å². The van der Waals surface area contributed by atoms with Crippen molar-refractivity contribution in [2.45, 2.75) is 77.9 Å². The van der Waals surface area contributed by atoms with Crippen LogP contribution in [0.15, 0.2) is 42.5 Å². The van der Waals surface area contributed by atoms with Gasteiger partial charge in [-0.3, -0.25) is 4.90 Å². The molecule has 1 aliphatic rings. The zero-order valence-corrected chi connectivity index (χ0v) is 24.0. The normalized spacial score (nSPS) is 17.6. The Morgan fingerprint density at radius 2 is 1.67 bits per heavy atom. The van der Waals surface area contributed by atoms with E-state index in [4.69, 9.17) is 23.7 Å². The molecular formula is C30H41NO8. The Bertz CT molecular complexity index is 1120. The van der Waals surface area contributed by atoms with E-state index in [-0.39, 0.29) is 42.4 Å². The van der Waals surface area contributed by atoms with E-state index in [2.05, 4.69) is 0 Å². The van der Waals surface area contributed by atoms with E-state index in [1.165, 1.54) is 7.11 Å². The molecule has 2 atom stereocenters. The average Bonchev–Trinajstić information content (AvgIpc) is 3.27. The Kier molecular flexibility index (Phi) is 9.85. The van der Waals surface area contributed by atoms with Gasteiger partial charge in [0.05, 0.1) is 38.0 Å². The third-order valence-electron chi connectivity index (χ3n) is 5.94. The van der Waals surface area contributed by atoms with Crippen LogP contribution in [0, 0.1) is 6.92 Å². The number of hydrogen-bond donors (Lipinski definition) is 1. The molecule has 1 saturated heterocycles. The Hall–Kier alpha value is -3.30. The number of likely N-dealkylation sites (tertiary alicyclic amines) is 1. The van der Waals surface area contributed by atoms with Crippen LogP contribution >= 0.6 is 0 Å². The third kappa shape index (κ3) is 9.14. The second-order valence-electron chi connectivity index (χ2n) is 11.5. The number of ether oxygens (including phenoxy) is 5. The second kappa shape index (κ2) is 12.7. The number of aryl methyl sites for hydroxylation is 1. The minimum Gasteiger partial charge on any atom is -0.490 e. The summed E-state index contributed by atoms with van der Waals surface area (Å²) in [7, 11) is 1.28. The van der Waals surface area contributed by atoms with Gasteiger partial charge in [0, 0.05) is 0 Å². The smallest absolute Gasteiger partial charge is 0.410 e. The maximum absolute atomic E-state index is 13.1. The highest BCUT2D eigenvalue weighted by Gasteiger charge is 2.39. The lowest BCUT2D eigenvalue weighted by Gasteiger charge is -2.28. The van der Waals surface area contributed by atoms with Gasteiger partial charge in [-0.1, -0.05) is 30.3 Å². The Labute approximate surface area is 230 Å². The fourth-order valence-electron chi connectivity index (χ4n) is 4.18. The van der Waals surface area contributed by atoms with E-state index >= 15 is 0 Å². The summed E-state index contributed by atoms with van der Waals surface area (Å²) in [5.41, 5.74) is 0.188. The number of nitrogens with zero attached hydrogens (tertiary/aromatic N) is 1. The van der Waals surface area contributed by atoms with Crippen LogP contribution in [0.2, 0.25) is 0 Å². The van der Waals surface area contributed by atoms with Crippen LogP contribution in [0.3, 0.4) is 0 Å². The summed E-state index contributed by atoms with van der Waals surface area (Å²) in [4.78, 5) is 27.5. The van der Waals surface area contributed by atoms with Crippen molar-refractivity contribution < 1.29 is 38.4 Å². The summed E-state index contributed by atoms with van der Waals surface area (Å²) in [6, 6.07) is 12.9. The van der Waals surface area contributed by atoms with Crippen molar-refractivity contribution in [3.05, 3.63) is 59.2 Å². The molecule has 0 saturated carbocycles. The quantitative estimate of drug-likeness (QED) is 0.422. The van der Waals surface area contributed by atoms with Crippen LogP contribution in [0.25, 0.3) is 0 Å². The first kappa shape index (κ1) is 30.2. The minimum absolute atomic E-state index is 0.0324. The highest BCUT2D eigenvalue weighted by molar-refractivity contribution is 5.95. The average molecular weight is 544 g/mol. The second-order valence-corrected chi connectivity index (χ2v) is 11.5. The fraction of sp³-hybridized carbons (Fsp3) is 0.533. The van der Waals surface area contributed by atoms with Gasteiger partial charge >= 0.3 is 12.1 Å². The third-order valence-corrected chi connectivity index (χ3v) is 5.94. The van der Waals surface area contributed by atoms with Crippen molar-refractivity contribution in [1.82, 2.24) is 4.90 Å². The number of benzene rings is 2. The number of aliphatic hydroxyl groups is 1. The lowest BCUT2D eigenvalue weighted by molar-refractivity contribution is 0.0126. The molecule has 0 aliphatic carbocycles. The molecule has 3 rings (SSSR count). The van der Waals surface area contributed by atoms with Gasteiger partial charge in [-0.25, -0.2) is 9.59 Å². The van der Waals surface area contributed by atoms with Crippen LogP contribution in [0.1, 0.15) is 62.5 Å². The maximum atomic E-state index is 13.1. The van der Waals surface area contributed by atoms with Crippen LogP contribution in [-0.4, -0.2) is 72.3 Å². The van der Waals surface area contributed by atoms with Gasteiger partial charge in [-0.15, -0.1) is 0 Å². The first-order chi connectivity index (χ1) is 18.3. The molecule has 1 heterocycles. The maximum Gasteiger partial charge on any atom is 0.410 e.